The second kappa shape index (κ2) is 3.83. The molecule has 0 bridgehead atoms. The van der Waals surface area contributed by atoms with Gasteiger partial charge in [0.1, 0.15) is 0 Å². The molecule has 10 heavy (non-hydrogen) atoms. The highest BCUT2D eigenvalue weighted by Crippen LogP contribution is 2.10. The summed E-state index contributed by atoms with van der Waals surface area (Å²) < 4.78 is 0. The zero-order valence-electron chi connectivity index (χ0n) is 5.75. The number of hydrogen-bond acceptors (Lipinski definition) is 2. The minimum Gasteiger partial charge on any atom is -0.370 e. The fraction of sp³-hybridized carbons (Fsp3) is 0.833. The van der Waals surface area contributed by atoms with E-state index in [-0.39, 0.29) is 11.9 Å². The van der Waals surface area contributed by atoms with Crippen molar-refractivity contribution in [1.29, 1.82) is 0 Å². The zero-order valence-corrected chi connectivity index (χ0v) is 6.56. The molecule has 1 rings (SSSR count). The average molecular weight is 159 g/mol. The molecule has 0 spiro atoms. The van der Waals surface area contributed by atoms with Gasteiger partial charge in [-0.25, -0.2) is 5.32 Å². The fourth-order valence-corrected chi connectivity index (χ4v) is 1.82. The molecule has 1 atom stereocenters. The number of carbonyl (C=O) groups is 1. The Morgan fingerprint density at radius 2 is 2.60 bits per heavy atom. The fourth-order valence-electron chi connectivity index (χ4n) is 0.928. The Balaban J connectivity index is 2.19. The van der Waals surface area contributed by atoms with Crippen molar-refractivity contribution >= 4 is 17.7 Å². The quantitative estimate of drug-likeness (QED) is 0.595. The van der Waals surface area contributed by atoms with Gasteiger partial charge in [0.25, 0.3) is 0 Å². The van der Waals surface area contributed by atoms with Crippen LogP contribution < -0.4 is 11.1 Å². The van der Waals surface area contributed by atoms with Crippen LogP contribution in [0.15, 0.2) is 0 Å². The molecule has 0 aromatic heterocycles. The van der Waals surface area contributed by atoms with Gasteiger partial charge in [0.2, 0.25) is 5.91 Å². The summed E-state index contributed by atoms with van der Waals surface area (Å²) in [5.41, 5.74) is 5.02. The predicted molar refractivity (Wildman–Crippen MR) is 41.9 cm³/mol. The number of primary amides is 1. The van der Waals surface area contributed by atoms with Crippen LogP contribution in [0.4, 0.5) is 0 Å². The van der Waals surface area contributed by atoms with Crippen molar-refractivity contribution in [3.8, 4) is 0 Å². The molecule has 2 N–H and O–H groups in total. The van der Waals surface area contributed by atoms with E-state index in [9.17, 15) is 4.79 Å². The second-order valence-corrected chi connectivity index (χ2v) is 3.46. The van der Waals surface area contributed by atoms with Gasteiger partial charge in [0.15, 0.2) is 0 Å². The monoisotopic (exact) mass is 159 g/mol. The third kappa shape index (κ3) is 2.58. The van der Waals surface area contributed by atoms with Gasteiger partial charge in [0, 0.05) is 30.5 Å². The first kappa shape index (κ1) is 7.88. The van der Waals surface area contributed by atoms with Crippen molar-refractivity contribution in [2.75, 3.05) is 18.1 Å². The van der Waals surface area contributed by atoms with Crippen LogP contribution in [0.3, 0.4) is 0 Å². The van der Waals surface area contributed by atoms with E-state index < -0.39 is 0 Å². The maximum absolute atomic E-state index is 10.4. The lowest BCUT2D eigenvalue weighted by atomic mass is 10.2. The van der Waals surface area contributed by atoms with Crippen LogP contribution in [0.2, 0.25) is 0 Å². The molecule has 1 amide bonds. The highest BCUT2D eigenvalue weighted by Gasteiger charge is 2.15. The Hall–Kier alpha value is -0.220. The molecule has 0 saturated carbocycles. The Bertz CT molecular complexity index is 123. The van der Waals surface area contributed by atoms with E-state index in [0.29, 0.717) is 6.42 Å². The maximum atomic E-state index is 10.4. The highest BCUT2D eigenvalue weighted by atomic mass is 32.2. The summed E-state index contributed by atoms with van der Waals surface area (Å²) in [6, 6.07) is 0.191. The first-order valence-electron chi connectivity index (χ1n) is 3.31. The van der Waals surface area contributed by atoms with E-state index in [1.165, 1.54) is 0 Å². The smallest absolute Gasteiger partial charge is 0.219 e. The van der Waals surface area contributed by atoms with Crippen LogP contribution in [0.5, 0.6) is 0 Å². The minimum atomic E-state index is -0.240. The standard InChI is InChI=1S/C6H11N2OS/c7-6(9)3-5-4-10-2-1-8-5/h5H,1-4H2,(H2,7,9). The number of nitrogens with zero attached hydrogens (tertiary/aromatic N) is 1. The lowest BCUT2D eigenvalue weighted by Crippen LogP contribution is -2.35. The molecular weight excluding hydrogens is 148 g/mol. The summed E-state index contributed by atoms with van der Waals surface area (Å²) in [6.07, 6.45) is 0.424. The molecule has 1 unspecified atom stereocenters. The van der Waals surface area contributed by atoms with Crippen molar-refractivity contribution in [3.63, 3.8) is 0 Å². The van der Waals surface area contributed by atoms with E-state index in [4.69, 9.17) is 5.73 Å². The van der Waals surface area contributed by atoms with Gasteiger partial charge in [-0.2, -0.15) is 11.8 Å². The third-order valence-corrected chi connectivity index (χ3v) is 2.46. The molecule has 0 aromatic carbocycles. The van der Waals surface area contributed by atoms with Gasteiger partial charge in [-0.15, -0.1) is 0 Å². The molecule has 1 aliphatic heterocycles. The highest BCUT2D eigenvalue weighted by molar-refractivity contribution is 7.99. The molecule has 1 radical (unpaired) electrons. The van der Waals surface area contributed by atoms with Crippen molar-refractivity contribution in [2.24, 2.45) is 5.73 Å². The molecule has 3 nitrogen and oxygen atoms in total. The number of nitrogens with two attached hydrogens (primary N) is 1. The van der Waals surface area contributed by atoms with Crippen LogP contribution in [0.25, 0.3) is 0 Å². The molecule has 1 fully saturated rings. The van der Waals surface area contributed by atoms with E-state index in [0.717, 1.165) is 18.1 Å². The summed E-state index contributed by atoms with van der Waals surface area (Å²) in [6.45, 7) is 0.878. The van der Waals surface area contributed by atoms with Crippen LogP contribution >= 0.6 is 11.8 Å². The van der Waals surface area contributed by atoms with Crippen molar-refractivity contribution in [1.82, 2.24) is 5.32 Å². The Morgan fingerprint density at radius 3 is 3.10 bits per heavy atom. The summed E-state index contributed by atoms with van der Waals surface area (Å²) >= 11 is 1.84. The van der Waals surface area contributed by atoms with Gasteiger partial charge in [-0.05, 0) is 0 Å². The van der Waals surface area contributed by atoms with E-state index in [1.54, 1.807) is 0 Å². The number of thioether (sulfide) groups is 1. The van der Waals surface area contributed by atoms with Gasteiger partial charge in [-0.3, -0.25) is 4.79 Å². The van der Waals surface area contributed by atoms with Crippen molar-refractivity contribution in [2.45, 2.75) is 12.5 Å². The van der Waals surface area contributed by atoms with Gasteiger partial charge in [0.05, 0.1) is 0 Å². The molecule has 1 aliphatic rings. The first-order valence-corrected chi connectivity index (χ1v) is 4.47. The molecule has 1 saturated heterocycles. The molecule has 57 valence electrons. The Morgan fingerprint density at radius 1 is 1.80 bits per heavy atom. The summed E-state index contributed by atoms with van der Waals surface area (Å²) in [5, 5.41) is 4.25. The molecule has 0 aliphatic carbocycles. The van der Waals surface area contributed by atoms with E-state index in [1.807, 2.05) is 11.8 Å². The Kier molecular flexibility index (Phi) is 3.02. The van der Waals surface area contributed by atoms with Crippen LogP contribution in [-0.4, -0.2) is 30.0 Å². The summed E-state index contributed by atoms with van der Waals surface area (Å²) in [5.74, 6) is 1.81. The maximum Gasteiger partial charge on any atom is 0.219 e. The van der Waals surface area contributed by atoms with E-state index in [2.05, 4.69) is 5.32 Å². The number of amides is 1. The van der Waals surface area contributed by atoms with Crippen molar-refractivity contribution < 1.29 is 4.79 Å². The number of carbonyl (C=O) groups excluding carboxylic acids is 1. The topological polar surface area (TPSA) is 57.2 Å². The first-order chi connectivity index (χ1) is 4.79. The largest absolute Gasteiger partial charge is 0.370 e. The van der Waals surface area contributed by atoms with Crippen LogP contribution in [0.1, 0.15) is 6.42 Å². The second-order valence-electron chi connectivity index (χ2n) is 2.31. The molecule has 0 aromatic rings. The van der Waals surface area contributed by atoms with Gasteiger partial charge < -0.3 is 5.73 Å². The lowest BCUT2D eigenvalue weighted by Gasteiger charge is -2.19. The third-order valence-electron chi connectivity index (χ3n) is 1.37. The molecule has 1 heterocycles. The van der Waals surface area contributed by atoms with Gasteiger partial charge >= 0.3 is 0 Å². The van der Waals surface area contributed by atoms with Crippen LogP contribution in [0, 0.1) is 0 Å². The molecular formula is C6H11N2OS. The Labute approximate surface area is 64.7 Å². The van der Waals surface area contributed by atoms with Crippen molar-refractivity contribution in [3.05, 3.63) is 0 Å². The normalized spacial score (nSPS) is 26.2. The molecule has 4 heteroatoms. The number of hydrogen-bond donors (Lipinski definition) is 1. The van der Waals surface area contributed by atoms with Gasteiger partial charge in [-0.1, -0.05) is 0 Å². The zero-order chi connectivity index (χ0) is 7.40. The summed E-state index contributed by atoms with van der Waals surface area (Å²) in [7, 11) is 0. The lowest BCUT2D eigenvalue weighted by molar-refractivity contribution is -0.118. The van der Waals surface area contributed by atoms with Crippen LogP contribution in [-0.2, 0) is 4.79 Å². The minimum absolute atomic E-state index is 0.191. The predicted octanol–water partition coefficient (Wildman–Crippen LogP) is -0.418. The number of rotatable bonds is 2. The summed E-state index contributed by atoms with van der Waals surface area (Å²) in [4.78, 5) is 10.4. The average Bonchev–Trinajstić information content (AvgIpc) is 1.88. The van der Waals surface area contributed by atoms with E-state index >= 15 is 0 Å². The SMILES string of the molecule is NC(=O)CC1CSCC[N]1.